The van der Waals surface area contributed by atoms with E-state index < -0.39 is 28.6 Å². The summed E-state index contributed by atoms with van der Waals surface area (Å²) in [6.45, 7) is 5.38. The molecule has 1 aliphatic rings. The molecule has 1 N–H and O–H groups in total. The number of amides is 1. The van der Waals surface area contributed by atoms with Gasteiger partial charge in [-0.25, -0.2) is 9.59 Å². The van der Waals surface area contributed by atoms with Gasteiger partial charge in [0.05, 0.1) is 11.5 Å². The molecule has 1 fully saturated rings. The number of carboxylic acids is 1. The number of ether oxygens (including phenoxy) is 1. The summed E-state index contributed by atoms with van der Waals surface area (Å²) >= 11 is 3.18. The molecule has 0 unspecified atom stereocenters. The lowest BCUT2D eigenvalue weighted by Gasteiger charge is -2.40. The van der Waals surface area contributed by atoms with Gasteiger partial charge in [0.1, 0.15) is 17.3 Å². The monoisotopic (exact) mass is 429 g/mol. The number of carbonyl (C=O) groups is 2. The fraction of sp³-hybridized carbons (Fsp3) is 0.500. The molecule has 0 bridgehead atoms. The Balaban J connectivity index is 2.29. The standard InChI is InChI=1S/C16H20BrN3O6/c1-16(2,3)26-15(23)18-6-7-19(13(9-18)14(21)22)11-5-4-10(17)8-12(11)20(24)25/h4-5,8,13H,6-7,9H2,1-3H3,(H,21,22)/t13-/m0/s1. The Bertz CT molecular complexity index is 733. The van der Waals surface area contributed by atoms with E-state index in [1.54, 1.807) is 26.8 Å². The highest BCUT2D eigenvalue weighted by Crippen LogP contribution is 2.33. The Morgan fingerprint density at radius 1 is 1.35 bits per heavy atom. The van der Waals surface area contributed by atoms with Crippen LogP contribution >= 0.6 is 15.9 Å². The number of halogens is 1. The van der Waals surface area contributed by atoms with Crippen molar-refractivity contribution in [2.75, 3.05) is 24.5 Å². The minimum atomic E-state index is -1.17. The lowest BCUT2D eigenvalue weighted by molar-refractivity contribution is -0.384. The van der Waals surface area contributed by atoms with Crippen molar-refractivity contribution in [3.8, 4) is 0 Å². The van der Waals surface area contributed by atoms with Gasteiger partial charge in [-0.3, -0.25) is 10.1 Å². The maximum Gasteiger partial charge on any atom is 0.410 e. The molecule has 9 nitrogen and oxygen atoms in total. The first-order chi connectivity index (χ1) is 12.0. The highest BCUT2D eigenvalue weighted by atomic mass is 79.9. The van der Waals surface area contributed by atoms with Crippen LogP contribution in [-0.4, -0.2) is 58.3 Å². The molecule has 1 aromatic rings. The van der Waals surface area contributed by atoms with Gasteiger partial charge in [-0.15, -0.1) is 0 Å². The van der Waals surface area contributed by atoms with Crippen LogP contribution in [0.3, 0.4) is 0 Å². The summed E-state index contributed by atoms with van der Waals surface area (Å²) in [6.07, 6.45) is -0.603. The number of piperazine rings is 1. The SMILES string of the molecule is CC(C)(C)OC(=O)N1CCN(c2ccc(Br)cc2[N+](=O)[O-])[C@H](C(=O)O)C1. The summed E-state index contributed by atoms with van der Waals surface area (Å²) in [5.74, 6) is -1.17. The summed E-state index contributed by atoms with van der Waals surface area (Å²) in [5.41, 5.74) is -0.692. The molecule has 1 aliphatic heterocycles. The molecule has 0 aromatic heterocycles. The van der Waals surface area contributed by atoms with Crippen molar-refractivity contribution >= 4 is 39.4 Å². The van der Waals surface area contributed by atoms with Gasteiger partial charge in [-0.2, -0.15) is 0 Å². The number of anilines is 1. The number of benzene rings is 1. The number of carboxylic acid groups (broad SMARTS) is 1. The Morgan fingerprint density at radius 3 is 2.54 bits per heavy atom. The summed E-state index contributed by atoms with van der Waals surface area (Å²) in [7, 11) is 0. The van der Waals surface area contributed by atoms with E-state index in [4.69, 9.17) is 4.74 Å². The molecule has 0 aliphatic carbocycles. The second kappa shape index (κ2) is 7.48. The van der Waals surface area contributed by atoms with Crippen molar-refractivity contribution in [2.24, 2.45) is 0 Å². The Labute approximate surface area is 158 Å². The quantitative estimate of drug-likeness (QED) is 0.580. The van der Waals surface area contributed by atoms with Crippen molar-refractivity contribution in [2.45, 2.75) is 32.4 Å². The smallest absolute Gasteiger partial charge is 0.410 e. The molecule has 1 atom stereocenters. The normalized spacial score (nSPS) is 17.8. The van der Waals surface area contributed by atoms with Crippen molar-refractivity contribution in [1.29, 1.82) is 0 Å². The molecule has 1 saturated heterocycles. The number of hydrogen-bond donors (Lipinski definition) is 1. The van der Waals surface area contributed by atoms with Crippen LogP contribution < -0.4 is 4.90 Å². The Morgan fingerprint density at radius 2 is 2.00 bits per heavy atom. The highest BCUT2D eigenvalue weighted by Gasteiger charge is 2.38. The third kappa shape index (κ3) is 4.63. The summed E-state index contributed by atoms with van der Waals surface area (Å²) < 4.78 is 5.81. The fourth-order valence-corrected chi connectivity index (χ4v) is 3.01. The van der Waals surface area contributed by atoms with E-state index in [1.165, 1.54) is 21.9 Å². The Kier molecular flexibility index (Phi) is 5.74. The average molecular weight is 430 g/mol. The molecule has 0 saturated carbocycles. The van der Waals surface area contributed by atoms with Crippen LogP contribution in [0.15, 0.2) is 22.7 Å². The van der Waals surface area contributed by atoms with E-state index in [0.29, 0.717) is 4.47 Å². The third-order valence-electron chi connectivity index (χ3n) is 3.76. The fourth-order valence-electron chi connectivity index (χ4n) is 2.66. The van der Waals surface area contributed by atoms with Gasteiger partial charge in [0.15, 0.2) is 0 Å². The van der Waals surface area contributed by atoms with E-state index in [9.17, 15) is 24.8 Å². The van der Waals surface area contributed by atoms with Gasteiger partial charge >= 0.3 is 12.1 Å². The van der Waals surface area contributed by atoms with Gasteiger partial charge in [0, 0.05) is 23.6 Å². The number of nitro groups is 1. The molecule has 26 heavy (non-hydrogen) atoms. The van der Waals surface area contributed by atoms with Crippen molar-refractivity contribution in [1.82, 2.24) is 4.90 Å². The van der Waals surface area contributed by atoms with Crippen LogP contribution in [0, 0.1) is 10.1 Å². The zero-order chi connectivity index (χ0) is 19.6. The minimum Gasteiger partial charge on any atom is -0.480 e. The van der Waals surface area contributed by atoms with Gasteiger partial charge in [0.2, 0.25) is 0 Å². The van der Waals surface area contributed by atoms with Crippen LogP contribution in [0.5, 0.6) is 0 Å². The topological polar surface area (TPSA) is 113 Å². The van der Waals surface area contributed by atoms with Gasteiger partial charge in [-0.05, 0) is 32.9 Å². The summed E-state index contributed by atoms with van der Waals surface area (Å²) in [4.78, 5) is 37.5. The van der Waals surface area contributed by atoms with Crippen LogP contribution in [0.2, 0.25) is 0 Å². The zero-order valence-corrected chi connectivity index (χ0v) is 16.2. The van der Waals surface area contributed by atoms with Crippen molar-refractivity contribution in [3.63, 3.8) is 0 Å². The molecule has 0 radical (unpaired) electrons. The molecular weight excluding hydrogens is 410 g/mol. The average Bonchev–Trinajstić information content (AvgIpc) is 2.52. The first-order valence-corrected chi connectivity index (χ1v) is 8.70. The van der Waals surface area contributed by atoms with Crippen LogP contribution in [0.25, 0.3) is 0 Å². The van der Waals surface area contributed by atoms with Gasteiger partial charge in [0.25, 0.3) is 5.69 Å². The van der Waals surface area contributed by atoms with Crippen LogP contribution in [0.1, 0.15) is 20.8 Å². The first-order valence-electron chi connectivity index (χ1n) is 7.91. The predicted octanol–water partition coefficient (Wildman–Crippen LogP) is 2.87. The number of carbonyl (C=O) groups excluding carboxylic acids is 1. The highest BCUT2D eigenvalue weighted by molar-refractivity contribution is 9.10. The maximum atomic E-state index is 12.2. The number of nitrogens with zero attached hydrogens (tertiary/aromatic N) is 3. The lowest BCUT2D eigenvalue weighted by atomic mass is 10.1. The molecule has 1 amide bonds. The maximum absolute atomic E-state index is 12.2. The lowest BCUT2D eigenvalue weighted by Crippen LogP contribution is -2.58. The first kappa shape index (κ1) is 20.0. The van der Waals surface area contributed by atoms with Crippen molar-refractivity contribution in [3.05, 3.63) is 32.8 Å². The second-order valence-electron chi connectivity index (χ2n) is 6.86. The van der Waals surface area contributed by atoms with E-state index in [1.807, 2.05) is 0 Å². The number of aliphatic carboxylic acids is 1. The molecule has 142 valence electrons. The van der Waals surface area contributed by atoms with Gasteiger partial charge in [-0.1, -0.05) is 15.9 Å². The molecule has 0 spiro atoms. The molecule has 2 rings (SSSR count). The predicted molar refractivity (Wildman–Crippen MR) is 97.4 cm³/mol. The molecule has 10 heteroatoms. The number of rotatable bonds is 3. The third-order valence-corrected chi connectivity index (χ3v) is 4.25. The van der Waals surface area contributed by atoms with Crippen LogP contribution in [-0.2, 0) is 9.53 Å². The molecule has 1 heterocycles. The minimum absolute atomic E-state index is 0.128. The summed E-state index contributed by atoms with van der Waals surface area (Å²) in [5, 5.41) is 20.9. The second-order valence-corrected chi connectivity index (χ2v) is 7.78. The van der Waals surface area contributed by atoms with E-state index >= 15 is 0 Å². The largest absolute Gasteiger partial charge is 0.480 e. The molecule has 1 aromatic carbocycles. The van der Waals surface area contributed by atoms with E-state index in [-0.39, 0.29) is 31.0 Å². The summed E-state index contributed by atoms with van der Waals surface area (Å²) in [6, 6.07) is 3.33. The number of hydrogen-bond acceptors (Lipinski definition) is 6. The van der Waals surface area contributed by atoms with Crippen molar-refractivity contribution < 1.29 is 24.4 Å². The van der Waals surface area contributed by atoms with E-state index in [0.717, 1.165) is 0 Å². The van der Waals surface area contributed by atoms with Gasteiger partial charge < -0.3 is 19.6 Å². The Hall–Kier alpha value is -2.36. The van der Waals surface area contributed by atoms with E-state index in [2.05, 4.69) is 15.9 Å². The van der Waals surface area contributed by atoms with Crippen LogP contribution in [0.4, 0.5) is 16.2 Å². The number of nitro benzene ring substituents is 1. The molecular formula is C16H20BrN3O6. The zero-order valence-electron chi connectivity index (χ0n) is 14.6.